The van der Waals surface area contributed by atoms with Crippen LogP contribution < -0.4 is 19.6 Å². The van der Waals surface area contributed by atoms with E-state index in [0.29, 0.717) is 23.7 Å². The summed E-state index contributed by atoms with van der Waals surface area (Å²) >= 11 is 0. The Hall–Kier alpha value is -13.3. The maximum Gasteiger partial charge on any atom is 0.0468 e. The molecule has 2 aliphatic carbocycles. The number of anilines is 12. The van der Waals surface area contributed by atoms with Crippen molar-refractivity contribution in [3.05, 3.63) is 406 Å². The lowest BCUT2D eigenvalue weighted by Gasteiger charge is -2.29. The summed E-state index contributed by atoms with van der Waals surface area (Å²) < 4.78 is 0. The van der Waals surface area contributed by atoms with Gasteiger partial charge in [-0.25, -0.2) is 0 Å². The number of fused-ring (bicyclic) bond motifs is 18. The molecule has 4 heteroatoms. The van der Waals surface area contributed by atoms with Crippen LogP contribution in [0.15, 0.2) is 340 Å². The summed E-state index contributed by atoms with van der Waals surface area (Å²) in [7, 11) is 0. The number of benzene rings is 18. The molecule has 0 saturated carbocycles. The molecule has 4 nitrogen and oxygen atoms in total. The van der Waals surface area contributed by atoms with Crippen molar-refractivity contribution in [1.82, 2.24) is 0 Å². The summed E-state index contributed by atoms with van der Waals surface area (Å²) in [6.07, 6.45) is 0. The lowest BCUT2D eigenvalue weighted by Crippen LogP contribution is -2.16. The molecule has 0 amide bonds. The highest BCUT2D eigenvalue weighted by Gasteiger charge is 2.42. The Morgan fingerprint density at radius 1 is 0.194 bits per heavy atom. The predicted molar refractivity (Wildman–Crippen MR) is 583 cm³/mol. The molecule has 0 atom stereocenters. The normalized spacial score (nSPS) is 13.5. The van der Waals surface area contributed by atoms with E-state index in [0.717, 1.165) is 68.2 Å². The molecule has 0 aromatic heterocycles. The van der Waals surface area contributed by atoms with Gasteiger partial charge in [-0.1, -0.05) is 336 Å². The fourth-order valence-corrected chi connectivity index (χ4v) is 21.3. The molecule has 134 heavy (non-hydrogen) atoms. The van der Waals surface area contributed by atoms with Gasteiger partial charge in [0.15, 0.2) is 0 Å². The lowest BCUT2D eigenvalue weighted by molar-refractivity contribution is 0.590. The quantitative estimate of drug-likeness (QED) is 0.0894. The SMILES string of the molecule is CC(C)(C)c1ccc(N(c2ccc(C(C)(C)C)cc2)c2ccc3cc4c(cc3c2)C(C)(C)c2c-4c3ccccc3c3cc(N(c4ccc(C(C)(C)C)cc4)c4ccc(C(C)(C)C)cc4)ccc23)cc1.CC(C)c1ccc(N(c2ccc(C(C)C)cc2)c2ccc3cc4c(cc3c2)C(C)(C)c2c-4c3ccccc3c3cc(N(c4ccc(C(C)C)cc4)c4ccc(C(C)C)cc4)ccc23)cc1. The highest BCUT2D eigenvalue weighted by atomic mass is 15.2. The second-order valence-corrected chi connectivity index (χ2v) is 44.7. The molecule has 18 aromatic carbocycles. The molecule has 0 aliphatic heterocycles. The van der Waals surface area contributed by atoms with Gasteiger partial charge in [0.2, 0.25) is 0 Å². The first-order valence-corrected chi connectivity index (χ1v) is 48.9. The summed E-state index contributed by atoms with van der Waals surface area (Å²) in [5.74, 6) is 1.89. The number of nitrogens with zero attached hydrogens (tertiary/aromatic N) is 4. The number of rotatable bonds is 16. The van der Waals surface area contributed by atoms with Crippen LogP contribution in [0.3, 0.4) is 0 Å². The molecule has 0 spiro atoms. The maximum atomic E-state index is 2.50. The van der Waals surface area contributed by atoms with E-state index >= 15 is 0 Å². The highest BCUT2D eigenvalue weighted by molar-refractivity contribution is 6.22. The van der Waals surface area contributed by atoms with E-state index in [2.05, 4.69) is 525 Å². The Kier molecular flexibility index (Phi) is 22.8. The predicted octanol–water partition coefficient (Wildman–Crippen LogP) is 38.5. The first-order chi connectivity index (χ1) is 63.8. The third-order valence-electron chi connectivity index (χ3n) is 29.3. The zero-order valence-electron chi connectivity index (χ0n) is 83.4. The van der Waals surface area contributed by atoms with E-state index in [1.54, 1.807) is 0 Å². The minimum absolute atomic E-state index is 0.0661. The van der Waals surface area contributed by atoms with Gasteiger partial charge in [0.1, 0.15) is 0 Å². The molecule has 2 aliphatic rings. The zero-order chi connectivity index (χ0) is 94.3. The fourth-order valence-electron chi connectivity index (χ4n) is 21.3. The summed E-state index contributed by atoms with van der Waals surface area (Å²) in [4.78, 5) is 9.71. The van der Waals surface area contributed by atoms with Crippen LogP contribution in [0.2, 0.25) is 0 Å². The van der Waals surface area contributed by atoms with Gasteiger partial charge < -0.3 is 19.6 Å². The van der Waals surface area contributed by atoms with Gasteiger partial charge in [-0.2, -0.15) is 0 Å². The van der Waals surface area contributed by atoms with Crippen molar-refractivity contribution in [3.63, 3.8) is 0 Å². The van der Waals surface area contributed by atoms with Crippen molar-refractivity contribution in [2.24, 2.45) is 0 Å². The third-order valence-corrected chi connectivity index (χ3v) is 29.3. The topological polar surface area (TPSA) is 13.0 Å². The van der Waals surface area contributed by atoms with Crippen molar-refractivity contribution in [3.8, 4) is 22.3 Å². The van der Waals surface area contributed by atoms with E-state index in [-0.39, 0.29) is 32.5 Å². The summed E-state index contributed by atoms with van der Waals surface area (Å²) in [6, 6.07) is 130. The van der Waals surface area contributed by atoms with Crippen LogP contribution in [0.25, 0.3) is 86.9 Å². The Morgan fingerprint density at radius 3 is 0.649 bits per heavy atom. The van der Waals surface area contributed by atoms with Crippen LogP contribution in [0, 0.1) is 0 Å². The van der Waals surface area contributed by atoms with Gasteiger partial charge in [-0.15, -0.1) is 0 Å². The van der Waals surface area contributed by atoms with Crippen LogP contribution in [0.4, 0.5) is 68.2 Å². The van der Waals surface area contributed by atoms with Crippen molar-refractivity contribution in [2.45, 2.75) is 222 Å². The Bertz CT molecular complexity index is 7280. The van der Waals surface area contributed by atoms with Crippen LogP contribution in [0.5, 0.6) is 0 Å². The first-order valence-electron chi connectivity index (χ1n) is 48.9. The molecule has 0 saturated heterocycles. The minimum Gasteiger partial charge on any atom is -0.310 e. The van der Waals surface area contributed by atoms with E-state index in [9.17, 15) is 0 Å². The van der Waals surface area contributed by atoms with Gasteiger partial charge >= 0.3 is 0 Å². The number of hydrogen-bond donors (Lipinski definition) is 0. The average Bonchev–Trinajstić information content (AvgIpc) is 1.54. The highest BCUT2D eigenvalue weighted by Crippen LogP contribution is 2.60. The molecular weight excluding hydrogens is 1620 g/mol. The van der Waals surface area contributed by atoms with E-state index in [4.69, 9.17) is 0 Å². The van der Waals surface area contributed by atoms with Crippen LogP contribution in [0.1, 0.15) is 257 Å². The molecule has 0 radical (unpaired) electrons. The molecule has 0 fully saturated rings. The van der Waals surface area contributed by atoms with Gasteiger partial charge in [0.25, 0.3) is 0 Å². The van der Waals surface area contributed by atoms with E-state index in [1.807, 2.05) is 0 Å². The summed E-state index contributed by atoms with van der Waals surface area (Å²) in [5, 5.41) is 15.4. The van der Waals surface area contributed by atoms with E-state index in [1.165, 1.54) is 154 Å². The Morgan fingerprint density at radius 2 is 0.410 bits per heavy atom. The Labute approximate surface area is 798 Å². The van der Waals surface area contributed by atoms with Crippen molar-refractivity contribution < 1.29 is 0 Å². The molecular formula is C130H132N4. The summed E-state index contributed by atoms with van der Waals surface area (Å²) in [6.45, 7) is 55.3. The van der Waals surface area contributed by atoms with Crippen LogP contribution in [-0.2, 0) is 32.5 Å². The first kappa shape index (κ1) is 89.9. The number of hydrogen-bond acceptors (Lipinski definition) is 4. The van der Waals surface area contributed by atoms with E-state index < -0.39 is 0 Å². The molecule has 18 aromatic rings. The monoisotopic (exact) mass is 1750 g/mol. The average molecular weight is 1750 g/mol. The third kappa shape index (κ3) is 16.4. The van der Waals surface area contributed by atoms with Gasteiger partial charge in [0, 0.05) is 79.1 Å². The van der Waals surface area contributed by atoms with Crippen molar-refractivity contribution >= 4 is 133 Å². The van der Waals surface area contributed by atoms with Crippen molar-refractivity contribution in [1.29, 1.82) is 0 Å². The molecule has 0 unspecified atom stereocenters. The van der Waals surface area contributed by atoms with Gasteiger partial charge in [0.05, 0.1) is 0 Å². The second-order valence-electron chi connectivity index (χ2n) is 44.7. The molecule has 0 bridgehead atoms. The lowest BCUT2D eigenvalue weighted by atomic mass is 9.79. The smallest absolute Gasteiger partial charge is 0.0468 e. The van der Waals surface area contributed by atoms with Gasteiger partial charge in [-0.05, 0) is 369 Å². The molecule has 0 heterocycles. The molecule has 0 N–H and O–H groups in total. The Balaban J connectivity index is 0.000000173. The maximum absolute atomic E-state index is 2.50. The second kappa shape index (κ2) is 34.0. The van der Waals surface area contributed by atoms with Gasteiger partial charge in [-0.3, -0.25) is 0 Å². The molecule has 672 valence electrons. The standard InChI is InChI=1S/C67H70N2.C63H62N2/c1-63(2,3)45-20-29-49(30-21-45)68(50-31-22-46(23-32-50)64(4,5)6)53-28-19-43-40-59-60(41-44(43)39-53)67(13,14)62-57-38-37-54(42-58(57)55-17-15-16-18-56(55)61(59)62)69(51-33-24-47(25-34-51)65(7,8)9)52-35-26-48(27-36-52)66(10,11)12;1-39(2)43-15-24-49(25-16-43)64(50-26-17-44(18-27-50)40(3)4)53-32-23-47-36-59-60(37-48(47)35-53)63(9,10)62-57-34-33-54(38-58(57)55-13-11-12-14-56(55)61(59)62)65(51-28-19-45(20-29-51)41(5)6)52-30-21-46(22-31-52)42(7)8/h15-42H,1-14H3;11-42H,1-10H3. The van der Waals surface area contributed by atoms with Crippen molar-refractivity contribution in [2.75, 3.05) is 19.6 Å². The molecule has 20 rings (SSSR count). The zero-order valence-corrected chi connectivity index (χ0v) is 83.4. The minimum atomic E-state index is -0.255. The fraction of sp³-hybridized carbons (Fsp3) is 0.262. The largest absolute Gasteiger partial charge is 0.310 e. The summed E-state index contributed by atoms with van der Waals surface area (Å²) in [5.41, 5.74) is 35.3. The van der Waals surface area contributed by atoms with Crippen LogP contribution in [-0.4, -0.2) is 0 Å². The van der Waals surface area contributed by atoms with Crippen LogP contribution >= 0.6 is 0 Å².